The third kappa shape index (κ3) is 18.7. The predicted octanol–water partition coefficient (Wildman–Crippen LogP) is -1.72. The number of aliphatic imine (C=N–C) groups is 1. The molecule has 8 atom stereocenters. The molecule has 72 heavy (non-hydrogen) atoms. The second kappa shape index (κ2) is 28.2. The van der Waals surface area contributed by atoms with Crippen LogP contribution < -0.4 is 54.0 Å². The molecule has 1 fully saturated rings. The van der Waals surface area contributed by atoms with Crippen LogP contribution in [0.1, 0.15) is 84.9 Å². The zero-order chi connectivity index (χ0) is 53.9. The number of guanidine groups is 1. The molecule has 1 aliphatic heterocycles. The number of carbonyl (C=O) groups is 9. The second-order valence-corrected chi connectivity index (χ2v) is 19.7. The average Bonchev–Trinajstić information content (AvgIpc) is 4.02. The summed E-state index contributed by atoms with van der Waals surface area (Å²) < 4.78 is -1.39. The van der Waals surface area contributed by atoms with Gasteiger partial charge in [-0.1, -0.05) is 46.2 Å². The number of phenols is 1. The van der Waals surface area contributed by atoms with Crippen LogP contribution in [0.3, 0.4) is 0 Å². The Morgan fingerprint density at radius 2 is 1.54 bits per heavy atom. The van der Waals surface area contributed by atoms with E-state index in [2.05, 4.69) is 70.1 Å². The van der Waals surface area contributed by atoms with Crippen LogP contribution in [0, 0.1) is 11.8 Å². The maximum atomic E-state index is 14.4. The number of nitrogens with zero attached hydrogens (tertiary/aromatic N) is 3. The molecule has 1 aromatic carbocycles. The highest BCUT2D eigenvalue weighted by atomic mass is 32.1. The van der Waals surface area contributed by atoms with E-state index >= 15 is 0 Å². The molecule has 0 unspecified atom stereocenters. The number of aromatic nitrogens is 2. The Bertz CT molecular complexity index is 2220. The van der Waals surface area contributed by atoms with Gasteiger partial charge in [0.1, 0.15) is 48.0 Å². The molecule has 1 aromatic heterocycles. The van der Waals surface area contributed by atoms with Crippen molar-refractivity contribution in [2.45, 2.75) is 134 Å². The highest BCUT2D eigenvalue weighted by molar-refractivity contribution is 7.81. The van der Waals surface area contributed by atoms with Crippen LogP contribution in [0.5, 0.6) is 5.75 Å². The number of hydrogen-bond donors (Lipinski definition) is 14. The lowest BCUT2D eigenvalue weighted by Crippen LogP contribution is -2.63. The number of imidazole rings is 1. The van der Waals surface area contributed by atoms with Gasteiger partial charge >= 0.3 is 12.0 Å². The normalized spacial score (nSPS) is 16.3. The fourth-order valence-corrected chi connectivity index (χ4v) is 7.92. The maximum absolute atomic E-state index is 14.4. The van der Waals surface area contributed by atoms with Crippen molar-refractivity contribution in [2.24, 2.45) is 28.3 Å². The molecular weight excluding hydrogens is 957 g/mol. The lowest BCUT2D eigenvalue weighted by molar-refractivity contribution is -0.145. The molecule has 0 bridgehead atoms. The minimum absolute atomic E-state index is 0.0712. The van der Waals surface area contributed by atoms with Gasteiger partial charge < -0.3 is 68.8 Å². The van der Waals surface area contributed by atoms with Gasteiger partial charge in [0.2, 0.25) is 35.4 Å². The van der Waals surface area contributed by atoms with Gasteiger partial charge in [-0.3, -0.25) is 43.9 Å². The number of phenolic OH excluding ortho intramolecular Hbond substituents is 1. The van der Waals surface area contributed by atoms with E-state index in [-0.39, 0.29) is 57.0 Å². The number of aromatic hydroxyl groups is 1. The molecule has 1 aliphatic rings. The van der Waals surface area contributed by atoms with Crippen molar-refractivity contribution >= 4 is 71.9 Å². The fraction of sp³-hybridized carbons (Fsp3) is 0.587. The van der Waals surface area contributed by atoms with Gasteiger partial charge in [-0.2, -0.15) is 12.6 Å². The van der Waals surface area contributed by atoms with Crippen LogP contribution in [-0.4, -0.2) is 158 Å². The van der Waals surface area contributed by atoms with Gasteiger partial charge in [0.05, 0.1) is 12.9 Å². The predicted molar refractivity (Wildman–Crippen MR) is 268 cm³/mol. The third-order valence-electron chi connectivity index (χ3n) is 11.9. The Morgan fingerprint density at radius 1 is 0.875 bits per heavy atom. The number of H-pyrrole nitrogens is 1. The number of urea groups is 1. The van der Waals surface area contributed by atoms with Crippen molar-refractivity contribution in [3.63, 3.8) is 0 Å². The number of carboxylic acids is 1. The number of amides is 9. The molecular formula is C46H72N14O11S. The van der Waals surface area contributed by atoms with Crippen LogP contribution >= 0.6 is 12.6 Å². The van der Waals surface area contributed by atoms with Gasteiger partial charge in [-0.25, -0.2) is 14.6 Å². The number of aromatic amines is 1. The highest BCUT2D eigenvalue weighted by Crippen LogP contribution is 2.22. The molecule has 9 amide bonds. The highest BCUT2D eigenvalue weighted by Gasteiger charge is 2.41. The van der Waals surface area contributed by atoms with Crippen molar-refractivity contribution in [1.29, 1.82) is 0 Å². The number of imide groups is 1. The van der Waals surface area contributed by atoms with Gasteiger partial charge in [0.15, 0.2) is 5.96 Å². The Morgan fingerprint density at radius 3 is 2.11 bits per heavy atom. The zero-order valence-electron chi connectivity index (χ0n) is 41.7. The van der Waals surface area contributed by atoms with Crippen LogP contribution in [0.25, 0.3) is 0 Å². The number of likely N-dealkylation sites (tertiary alicyclic amines) is 1. The lowest BCUT2D eigenvalue weighted by atomic mass is 9.98. The Hall–Kier alpha value is -6.96. The number of rotatable bonds is 27. The summed E-state index contributed by atoms with van der Waals surface area (Å²) in [7, 11) is 1.55. The standard InChI is InChI=1S/C46H72N14O11S/c1-8-25(4)35(43(69)70)57-39(65)32-12-10-18-60(32)42(68)31(20-27-21-50-23-52-27)55-45(71)59-41(67)36(46(5,6)72)58-38(64)30(19-26-13-15-28(61)16-14-26)54-40(66)34(24(2)3)56-37(63)29(53-33(62)22-49-7)11-9-17-51-44(47)48/h13-16,21,23-25,29-32,34-36,49,61,72H,8-12,17-20,22H2,1-7H3,(H,50,52)(H,53,62)(H,54,66)(H,56,63)(H,57,65)(H,58,64)(H,69,70)(H4,47,48,51)(H2,55,59,67,71)/t25-,29-,30-,31-,32-,34-,35-,36+/m0/s1. The van der Waals surface area contributed by atoms with Crippen LogP contribution in [-0.2, 0) is 51.2 Å². The van der Waals surface area contributed by atoms with E-state index in [1.807, 2.05) is 0 Å². The summed E-state index contributed by atoms with van der Waals surface area (Å²) >= 11 is 4.56. The Labute approximate surface area is 423 Å². The summed E-state index contributed by atoms with van der Waals surface area (Å²) in [6.45, 7) is 9.92. The van der Waals surface area contributed by atoms with Gasteiger partial charge in [0.25, 0.3) is 5.91 Å². The smallest absolute Gasteiger partial charge is 0.326 e. The van der Waals surface area contributed by atoms with Gasteiger partial charge in [-0.15, -0.1) is 0 Å². The first kappa shape index (κ1) is 59.3. The molecule has 15 N–H and O–H groups in total. The molecule has 0 radical (unpaired) electrons. The number of aliphatic carboxylic acids is 1. The van der Waals surface area contributed by atoms with E-state index in [1.165, 1.54) is 55.5 Å². The monoisotopic (exact) mass is 1030 g/mol. The van der Waals surface area contributed by atoms with Crippen molar-refractivity contribution < 1.29 is 53.4 Å². The molecule has 2 aromatic rings. The van der Waals surface area contributed by atoms with Gasteiger partial charge in [0, 0.05) is 42.6 Å². The first-order valence-corrected chi connectivity index (χ1v) is 24.1. The first-order valence-electron chi connectivity index (χ1n) is 23.7. The summed E-state index contributed by atoms with van der Waals surface area (Å²) in [4.78, 5) is 134. The number of carbonyl (C=O) groups excluding carboxylic acids is 8. The number of thiol groups is 1. The van der Waals surface area contributed by atoms with Gasteiger partial charge in [-0.05, 0) is 76.1 Å². The molecule has 25 nitrogen and oxygen atoms in total. The molecule has 2 heterocycles. The summed E-state index contributed by atoms with van der Waals surface area (Å²) in [5.41, 5.74) is 11.7. The molecule has 0 saturated carbocycles. The van der Waals surface area contributed by atoms with Crippen molar-refractivity contribution in [2.75, 3.05) is 26.7 Å². The SMILES string of the molecule is CC[C@H](C)[C@H](NC(=O)[C@@H]1CCCN1C(=O)[C@H](Cc1cnc[nH]1)NC(=O)NC(=O)[C@@H](NC(=O)[C@H](Cc1ccc(O)cc1)NC(=O)[C@@H](NC(=O)[C@H](CCCN=C(N)N)NC(=O)CNC)C(C)C)C(C)(C)S)C(=O)O. The van der Waals surface area contributed by atoms with E-state index in [9.17, 15) is 53.4 Å². The van der Waals surface area contributed by atoms with Crippen LogP contribution in [0.4, 0.5) is 4.79 Å². The van der Waals surface area contributed by atoms with Crippen molar-refractivity contribution in [1.82, 2.24) is 57.4 Å². The van der Waals surface area contributed by atoms with Crippen LogP contribution in [0.2, 0.25) is 0 Å². The summed E-state index contributed by atoms with van der Waals surface area (Å²) in [5.74, 6) is -7.74. The van der Waals surface area contributed by atoms with E-state index < -0.39 is 112 Å². The molecule has 398 valence electrons. The van der Waals surface area contributed by atoms with E-state index in [0.717, 1.165) is 0 Å². The topological polar surface area (TPSA) is 387 Å². The largest absolute Gasteiger partial charge is 0.508 e. The molecule has 1 saturated heterocycles. The maximum Gasteiger partial charge on any atom is 0.326 e. The lowest BCUT2D eigenvalue weighted by Gasteiger charge is -2.32. The van der Waals surface area contributed by atoms with Crippen molar-refractivity contribution in [3.05, 3.63) is 48.0 Å². The summed E-state index contributed by atoms with van der Waals surface area (Å²) in [6.07, 6.45) is 3.93. The zero-order valence-corrected chi connectivity index (χ0v) is 42.6. The fourth-order valence-electron chi connectivity index (χ4n) is 7.74. The first-order chi connectivity index (χ1) is 33.9. The second-order valence-electron chi connectivity index (χ2n) is 18.6. The minimum Gasteiger partial charge on any atom is -0.508 e. The van der Waals surface area contributed by atoms with E-state index in [4.69, 9.17) is 11.5 Å². The average molecular weight is 1030 g/mol. The quantitative estimate of drug-likeness (QED) is 0.0205. The number of carboxylic acid groups (broad SMARTS) is 1. The Balaban J connectivity index is 1.87. The Kier molecular flexibility index (Phi) is 23.2. The number of hydrogen-bond acceptors (Lipinski definition) is 14. The van der Waals surface area contributed by atoms with Crippen LogP contribution in [0.15, 0.2) is 41.8 Å². The number of nitrogens with one attached hydrogen (secondary N) is 9. The van der Waals surface area contributed by atoms with E-state index in [0.29, 0.717) is 30.5 Å². The molecule has 3 rings (SSSR count). The minimum atomic E-state index is -1.58. The number of benzene rings is 1. The third-order valence-corrected chi connectivity index (χ3v) is 12.1. The van der Waals surface area contributed by atoms with Crippen molar-refractivity contribution in [3.8, 4) is 5.75 Å². The summed E-state index contributed by atoms with van der Waals surface area (Å²) in [5, 5.41) is 40.3. The van der Waals surface area contributed by atoms with E-state index in [1.54, 1.807) is 34.7 Å². The summed E-state index contributed by atoms with van der Waals surface area (Å²) in [6, 6.07) is -4.40. The number of nitrogens with two attached hydrogens (primary N) is 2. The molecule has 0 spiro atoms. The molecule has 26 heteroatoms. The number of likely N-dealkylation sites (N-methyl/N-ethyl adjacent to an activating group) is 1. The molecule has 0 aliphatic carbocycles.